The Morgan fingerprint density at radius 1 is 0.600 bits per heavy atom. The number of hydrogen-bond donors (Lipinski definition) is 0. The molecule has 4 rings (SSSR count). The van der Waals surface area contributed by atoms with Crippen molar-refractivity contribution in [3.63, 3.8) is 0 Å². The Morgan fingerprint density at radius 3 is 1.64 bits per heavy atom. The Bertz CT molecular complexity index is 926. The fourth-order valence-electron chi connectivity index (χ4n) is 3.71. The van der Waals surface area contributed by atoms with Gasteiger partial charge < -0.3 is 0 Å². The summed E-state index contributed by atoms with van der Waals surface area (Å²) in [5.41, 5.74) is 2.48. The van der Waals surface area contributed by atoms with Gasteiger partial charge in [-0.05, 0) is 41.5 Å². The van der Waals surface area contributed by atoms with E-state index in [1.807, 2.05) is 12.2 Å². The van der Waals surface area contributed by atoms with Gasteiger partial charge in [-0.2, -0.15) is 0 Å². The molecule has 0 fully saturated rings. The fourth-order valence-corrected chi connectivity index (χ4v) is 7.93. The van der Waals surface area contributed by atoms with Crippen LogP contribution >= 0.6 is 10.0 Å². The lowest BCUT2D eigenvalue weighted by Crippen LogP contribution is -2.02. The maximum absolute atomic E-state index is 4.19. The Morgan fingerprint density at radius 2 is 1.12 bits per heavy atom. The predicted molar refractivity (Wildman–Crippen MR) is 109 cm³/mol. The molecule has 0 radical (unpaired) electrons. The van der Waals surface area contributed by atoms with E-state index in [9.17, 15) is 0 Å². The van der Waals surface area contributed by atoms with Crippen LogP contribution in [0.5, 0.6) is 0 Å². The van der Waals surface area contributed by atoms with Gasteiger partial charge in [-0.15, -0.1) is 10.0 Å². The Balaban J connectivity index is 2.20. The third-order valence-electron chi connectivity index (χ3n) is 4.69. The Hall–Kier alpha value is -2.77. The maximum Gasteiger partial charge on any atom is 0.0102 e. The molecule has 0 N–H and O–H groups in total. The first-order valence-corrected chi connectivity index (χ1v) is 9.99. The zero-order chi connectivity index (χ0) is 17.3. The van der Waals surface area contributed by atoms with Crippen LogP contribution in [0.1, 0.15) is 5.56 Å². The molecule has 0 aromatic heterocycles. The molecule has 25 heavy (non-hydrogen) atoms. The lowest BCUT2D eigenvalue weighted by atomic mass is 10.1. The summed E-state index contributed by atoms with van der Waals surface area (Å²) in [6.45, 7) is 8.29. The molecule has 0 saturated carbocycles. The van der Waals surface area contributed by atoms with Gasteiger partial charge in [0.15, 0.2) is 0 Å². The summed E-state index contributed by atoms with van der Waals surface area (Å²) >= 11 is 0. The Kier molecular flexibility index (Phi) is 3.95. The number of fused-ring (bicyclic) bond motifs is 1. The minimum absolute atomic E-state index is 1.20. The molecule has 0 nitrogen and oxygen atoms in total. The molecule has 1 aliphatic heterocycles. The van der Waals surface area contributed by atoms with Gasteiger partial charge in [0.05, 0.1) is 0 Å². The van der Waals surface area contributed by atoms with E-state index in [0.717, 1.165) is 0 Å². The van der Waals surface area contributed by atoms with E-state index in [1.165, 1.54) is 30.7 Å². The van der Waals surface area contributed by atoms with E-state index in [-0.39, 0.29) is 0 Å². The fraction of sp³-hybridized carbons (Fsp3) is 0. The van der Waals surface area contributed by atoms with Gasteiger partial charge >= 0.3 is 0 Å². The molecule has 0 saturated heterocycles. The first-order chi connectivity index (χ1) is 12.3. The first kappa shape index (κ1) is 15.7. The van der Waals surface area contributed by atoms with Gasteiger partial charge in [-0.25, -0.2) is 0 Å². The quantitative estimate of drug-likeness (QED) is 0.476. The molecule has 1 aliphatic rings. The second-order valence-corrected chi connectivity index (χ2v) is 8.97. The second kappa shape index (κ2) is 6.27. The van der Waals surface area contributed by atoms with E-state index < -0.39 is 10.0 Å². The van der Waals surface area contributed by atoms with Crippen LogP contribution in [0.4, 0.5) is 0 Å². The van der Waals surface area contributed by atoms with Crippen molar-refractivity contribution in [2.75, 3.05) is 0 Å². The highest BCUT2D eigenvalue weighted by Crippen LogP contribution is 2.78. The van der Waals surface area contributed by atoms with Crippen molar-refractivity contribution in [1.29, 1.82) is 0 Å². The number of rotatable bonds is 4. The van der Waals surface area contributed by atoms with Crippen molar-refractivity contribution >= 4 is 15.6 Å². The molecule has 3 aromatic carbocycles. The summed E-state index contributed by atoms with van der Waals surface area (Å²) in [6.07, 6.45) is 4.02. The molecule has 1 heterocycles. The molecular formula is C24H20S. The third-order valence-corrected chi connectivity index (χ3v) is 8.71. The highest BCUT2D eigenvalue weighted by molar-refractivity contribution is 8.37. The summed E-state index contributed by atoms with van der Waals surface area (Å²) in [5.74, 6) is 0. The smallest absolute Gasteiger partial charge is 0.0102 e. The minimum Gasteiger partial charge on any atom is -0.132 e. The summed E-state index contributed by atoms with van der Waals surface area (Å²) < 4.78 is 0. The molecule has 0 bridgehead atoms. The predicted octanol–water partition coefficient (Wildman–Crippen LogP) is 7.07. The van der Waals surface area contributed by atoms with Crippen LogP contribution in [0.15, 0.2) is 130 Å². The van der Waals surface area contributed by atoms with Crippen LogP contribution in [0.25, 0.3) is 5.57 Å². The van der Waals surface area contributed by atoms with Gasteiger partial charge in [0.25, 0.3) is 0 Å². The van der Waals surface area contributed by atoms with Crippen LogP contribution < -0.4 is 0 Å². The van der Waals surface area contributed by atoms with Crippen molar-refractivity contribution in [2.24, 2.45) is 0 Å². The standard InChI is InChI=1S/C24H20S/c1-3-21-22-17-11-12-18-24(22)25(23(21)4-2,19-13-7-5-8-14-19)20-15-9-6-10-16-20/h3-18H,1-2H2. The van der Waals surface area contributed by atoms with Crippen molar-refractivity contribution in [3.05, 3.63) is 121 Å². The van der Waals surface area contributed by atoms with Gasteiger partial charge in [0.2, 0.25) is 0 Å². The van der Waals surface area contributed by atoms with Crippen molar-refractivity contribution < 1.29 is 0 Å². The SMILES string of the molecule is C=CC1=C(C=C)S(c2ccccc2)(c2ccccc2)c2ccccc21. The largest absolute Gasteiger partial charge is 0.132 e. The number of benzene rings is 3. The lowest BCUT2D eigenvalue weighted by Gasteiger charge is -2.40. The second-order valence-electron chi connectivity index (χ2n) is 5.92. The molecule has 122 valence electrons. The van der Waals surface area contributed by atoms with E-state index in [4.69, 9.17) is 0 Å². The molecule has 0 amide bonds. The van der Waals surface area contributed by atoms with Crippen molar-refractivity contribution in [2.45, 2.75) is 14.7 Å². The van der Waals surface area contributed by atoms with Gasteiger partial charge in [0, 0.05) is 19.6 Å². The molecule has 0 unspecified atom stereocenters. The van der Waals surface area contributed by atoms with Crippen LogP contribution in [0, 0.1) is 0 Å². The molecule has 0 aliphatic carbocycles. The summed E-state index contributed by atoms with van der Waals surface area (Å²) in [6, 6.07) is 30.4. The molecule has 1 heteroatoms. The molecular weight excluding hydrogens is 320 g/mol. The van der Waals surface area contributed by atoms with Crippen LogP contribution in [0.2, 0.25) is 0 Å². The molecule has 0 spiro atoms. The van der Waals surface area contributed by atoms with Crippen LogP contribution in [-0.2, 0) is 0 Å². The van der Waals surface area contributed by atoms with Gasteiger partial charge in [0.1, 0.15) is 0 Å². The zero-order valence-electron chi connectivity index (χ0n) is 14.1. The van der Waals surface area contributed by atoms with Crippen LogP contribution in [-0.4, -0.2) is 0 Å². The summed E-state index contributed by atoms with van der Waals surface area (Å²) in [7, 11) is -1.54. The van der Waals surface area contributed by atoms with E-state index in [0.29, 0.717) is 0 Å². The highest BCUT2D eigenvalue weighted by Gasteiger charge is 2.41. The van der Waals surface area contributed by atoms with E-state index >= 15 is 0 Å². The normalized spacial score (nSPS) is 16.2. The van der Waals surface area contributed by atoms with Gasteiger partial charge in [-0.3, -0.25) is 0 Å². The Labute approximate surface area is 151 Å². The zero-order valence-corrected chi connectivity index (χ0v) is 14.9. The maximum atomic E-state index is 4.19. The summed E-state index contributed by atoms with van der Waals surface area (Å²) in [5, 5.41) is 0. The highest BCUT2D eigenvalue weighted by atomic mass is 32.3. The third kappa shape index (κ3) is 2.16. The van der Waals surface area contributed by atoms with Crippen molar-refractivity contribution in [3.8, 4) is 0 Å². The number of allylic oxidation sites excluding steroid dienone is 3. The van der Waals surface area contributed by atoms with Crippen LogP contribution in [0.3, 0.4) is 0 Å². The first-order valence-electron chi connectivity index (χ1n) is 8.36. The summed E-state index contributed by atoms with van der Waals surface area (Å²) in [4.78, 5) is 5.32. The van der Waals surface area contributed by atoms with Gasteiger partial charge in [-0.1, -0.05) is 79.9 Å². The van der Waals surface area contributed by atoms with Crippen molar-refractivity contribution in [1.82, 2.24) is 0 Å². The number of hydrogen-bond acceptors (Lipinski definition) is 0. The van der Waals surface area contributed by atoms with E-state index in [2.05, 4.69) is 98.1 Å². The average molecular weight is 340 g/mol. The molecule has 0 atom stereocenters. The minimum atomic E-state index is -1.54. The molecule has 3 aromatic rings. The average Bonchev–Trinajstić information content (AvgIpc) is 2.99. The van der Waals surface area contributed by atoms with E-state index in [1.54, 1.807) is 0 Å². The lowest BCUT2D eigenvalue weighted by molar-refractivity contribution is 1.30. The monoisotopic (exact) mass is 340 g/mol. The topological polar surface area (TPSA) is 0 Å².